The molecule has 0 radical (unpaired) electrons. The smallest absolute Gasteiger partial charge is 0.241 e. The van der Waals surface area contributed by atoms with Crippen LogP contribution in [0.4, 0.5) is 5.82 Å². The number of nitrogens with zero attached hydrogens (tertiary/aromatic N) is 4. The second-order valence-electron chi connectivity index (χ2n) is 4.33. The van der Waals surface area contributed by atoms with E-state index in [-0.39, 0.29) is 18.3 Å². The van der Waals surface area contributed by atoms with Gasteiger partial charge in [-0.15, -0.1) is 5.10 Å². The molecule has 19 heavy (non-hydrogen) atoms. The third-order valence-corrected chi connectivity index (χ3v) is 2.60. The van der Waals surface area contributed by atoms with E-state index >= 15 is 0 Å². The van der Waals surface area contributed by atoms with Crippen molar-refractivity contribution >= 4 is 21.7 Å². The van der Waals surface area contributed by atoms with Gasteiger partial charge in [-0.2, -0.15) is 0 Å². The summed E-state index contributed by atoms with van der Waals surface area (Å²) >= 11 is 0. The molecule has 0 aliphatic rings. The number of hydrogen-bond acceptors (Lipinski definition) is 6. The van der Waals surface area contributed by atoms with Gasteiger partial charge >= 0.3 is 0 Å². The Hall–Kier alpha value is -1.68. The molecule has 108 valence electrons. The van der Waals surface area contributed by atoms with E-state index in [4.69, 9.17) is 0 Å². The molecule has 1 aromatic rings. The molecule has 9 nitrogen and oxygen atoms in total. The van der Waals surface area contributed by atoms with Gasteiger partial charge in [0.15, 0.2) is 5.82 Å². The van der Waals surface area contributed by atoms with Crippen LogP contribution in [-0.4, -0.2) is 67.7 Å². The molecule has 1 amide bonds. The van der Waals surface area contributed by atoms with Gasteiger partial charge in [-0.3, -0.25) is 9.52 Å². The Labute approximate surface area is 112 Å². The fourth-order valence-electron chi connectivity index (χ4n) is 1.23. The van der Waals surface area contributed by atoms with E-state index < -0.39 is 10.0 Å². The van der Waals surface area contributed by atoms with Crippen molar-refractivity contribution in [3.8, 4) is 0 Å². The van der Waals surface area contributed by atoms with Gasteiger partial charge in [0.05, 0.1) is 12.5 Å². The standard InChI is InChI=1S/C9H18N6O3S/c1-14(2)5-4-10-9(16)7-15-6-8(11-13-15)12-19(3,17)18/h6,12H,4-5,7H2,1-3H3,(H,10,16). The number of anilines is 1. The van der Waals surface area contributed by atoms with Crippen molar-refractivity contribution in [2.75, 3.05) is 38.2 Å². The minimum atomic E-state index is -3.39. The third-order valence-electron chi connectivity index (χ3n) is 2.02. The molecule has 0 fully saturated rings. The van der Waals surface area contributed by atoms with Crippen molar-refractivity contribution in [2.24, 2.45) is 0 Å². The molecular weight excluding hydrogens is 272 g/mol. The molecule has 2 N–H and O–H groups in total. The first-order chi connectivity index (χ1) is 8.76. The SMILES string of the molecule is CN(C)CCNC(=O)Cn1cc(NS(C)(=O)=O)nn1. The topological polar surface area (TPSA) is 109 Å². The number of amides is 1. The van der Waals surface area contributed by atoms with Crippen molar-refractivity contribution in [1.29, 1.82) is 0 Å². The van der Waals surface area contributed by atoms with Crippen molar-refractivity contribution < 1.29 is 13.2 Å². The largest absolute Gasteiger partial charge is 0.353 e. The summed E-state index contributed by atoms with van der Waals surface area (Å²) in [7, 11) is 0.431. The van der Waals surface area contributed by atoms with Crippen LogP contribution in [0.1, 0.15) is 0 Å². The van der Waals surface area contributed by atoms with Crippen LogP contribution in [0.15, 0.2) is 6.20 Å². The van der Waals surface area contributed by atoms with Crippen LogP contribution in [0.25, 0.3) is 0 Å². The second-order valence-corrected chi connectivity index (χ2v) is 6.08. The van der Waals surface area contributed by atoms with Gasteiger partial charge in [-0.1, -0.05) is 5.21 Å². The maximum absolute atomic E-state index is 11.5. The fraction of sp³-hybridized carbons (Fsp3) is 0.667. The molecule has 0 bridgehead atoms. The predicted octanol–water partition coefficient (Wildman–Crippen LogP) is -1.67. The lowest BCUT2D eigenvalue weighted by Gasteiger charge is -2.10. The van der Waals surface area contributed by atoms with Gasteiger partial charge in [0, 0.05) is 13.1 Å². The summed E-state index contributed by atoms with van der Waals surface area (Å²) in [5.41, 5.74) is 0. The van der Waals surface area contributed by atoms with Crippen LogP contribution in [-0.2, 0) is 21.4 Å². The van der Waals surface area contributed by atoms with E-state index in [0.29, 0.717) is 6.54 Å². The van der Waals surface area contributed by atoms with E-state index in [0.717, 1.165) is 12.8 Å². The number of rotatable bonds is 7. The van der Waals surface area contributed by atoms with Crippen LogP contribution < -0.4 is 10.0 Å². The van der Waals surface area contributed by atoms with E-state index in [9.17, 15) is 13.2 Å². The zero-order valence-corrected chi connectivity index (χ0v) is 11.9. The number of carbonyl (C=O) groups excluding carboxylic acids is 1. The highest BCUT2D eigenvalue weighted by Gasteiger charge is 2.08. The van der Waals surface area contributed by atoms with Crippen molar-refractivity contribution in [3.63, 3.8) is 0 Å². The minimum Gasteiger partial charge on any atom is -0.353 e. The van der Waals surface area contributed by atoms with Crippen LogP contribution in [0.3, 0.4) is 0 Å². The molecule has 0 spiro atoms. The molecule has 1 aromatic heterocycles. The number of hydrogen-bond donors (Lipinski definition) is 2. The van der Waals surface area contributed by atoms with Crippen LogP contribution in [0, 0.1) is 0 Å². The van der Waals surface area contributed by atoms with Gasteiger partial charge in [0.25, 0.3) is 0 Å². The first-order valence-electron chi connectivity index (χ1n) is 5.55. The average Bonchev–Trinajstić information content (AvgIpc) is 2.61. The Morgan fingerprint density at radius 3 is 2.74 bits per heavy atom. The number of aromatic nitrogens is 3. The van der Waals surface area contributed by atoms with Gasteiger partial charge in [0.2, 0.25) is 15.9 Å². The molecule has 0 atom stereocenters. The summed E-state index contributed by atoms with van der Waals surface area (Å²) in [6.07, 6.45) is 2.37. The minimum absolute atomic E-state index is 0.00807. The maximum atomic E-state index is 11.5. The summed E-state index contributed by atoms with van der Waals surface area (Å²) in [6.45, 7) is 1.27. The van der Waals surface area contributed by atoms with Gasteiger partial charge in [-0.25, -0.2) is 13.1 Å². The first kappa shape index (κ1) is 15.4. The van der Waals surface area contributed by atoms with Gasteiger partial charge < -0.3 is 10.2 Å². The molecule has 0 aromatic carbocycles. The molecule has 0 aliphatic heterocycles. The molecule has 0 saturated carbocycles. The molecule has 10 heteroatoms. The number of likely N-dealkylation sites (N-methyl/N-ethyl adjacent to an activating group) is 1. The number of nitrogens with one attached hydrogen (secondary N) is 2. The van der Waals surface area contributed by atoms with Crippen molar-refractivity contribution in [1.82, 2.24) is 25.2 Å². The van der Waals surface area contributed by atoms with Gasteiger partial charge in [0.1, 0.15) is 6.54 Å². The number of carbonyl (C=O) groups is 1. The predicted molar refractivity (Wildman–Crippen MR) is 70.1 cm³/mol. The highest BCUT2D eigenvalue weighted by Crippen LogP contribution is 2.01. The maximum Gasteiger partial charge on any atom is 0.241 e. The van der Waals surface area contributed by atoms with E-state index in [1.54, 1.807) is 0 Å². The summed E-state index contributed by atoms with van der Waals surface area (Å²) in [5, 5.41) is 9.96. The Bertz CT molecular complexity index is 524. The summed E-state index contributed by atoms with van der Waals surface area (Å²) in [4.78, 5) is 13.5. The Kier molecular flexibility index (Phi) is 5.24. The highest BCUT2D eigenvalue weighted by atomic mass is 32.2. The summed E-state index contributed by atoms with van der Waals surface area (Å²) in [6, 6.07) is 0. The number of sulfonamides is 1. The molecule has 0 aliphatic carbocycles. The normalized spacial score (nSPS) is 11.6. The molecule has 1 rings (SSSR count). The Morgan fingerprint density at radius 2 is 2.16 bits per heavy atom. The Morgan fingerprint density at radius 1 is 1.47 bits per heavy atom. The third kappa shape index (κ3) is 6.72. The average molecular weight is 290 g/mol. The van der Waals surface area contributed by atoms with Crippen molar-refractivity contribution in [3.05, 3.63) is 6.20 Å². The van der Waals surface area contributed by atoms with Crippen LogP contribution in [0.5, 0.6) is 0 Å². The lowest BCUT2D eigenvalue weighted by Crippen LogP contribution is -2.33. The van der Waals surface area contributed by atoms with E-state index in [2.05, 4.69) is 20.4 Å². The lowest BCUT2D eigenvalue weighted by atomic mass is 10.5. The molecule has 0 unspecified atom stereocenters. The van der Waals surface area contributed by atoms with Crippen LogP contribution in [0.2, 0.25) is 0 Å². The summed E-state index contributed by atoms with van der Waals surface area (Å²) in [5.74, 6) is -0.124. The van der Waals surface area contributed by atoms with Crippen LogP contribution >= 0.6 is 0 Å². The van der Waals surface area contributed by atoms with Gasteiger partial charge in [-0.05, 0) is 14.1 Å². The zero-order valence-electron chi connectivity index (χ0n) is 11.1. The molecular formula is C9H18N6O3S. The quantitative estimate of drug-likeness (QED) is 0.621. The monoisotopic (exact) mass is 290 g/mol. The van der Waals surface area contributed by atoms with E-state index in [1.807, 2.05) is 19.0 Å². The lowest BCUT2D eigenvalue weighted by molar-refractivity contribution is -0.121. The highest BCUT2D eigenvalue weighted by molar-refractivity contribution is 7.92. The summed E-state index contributed by atoms with van der Waals surface area (Å²) < 4.78 is 25.4. The van der Waals surface area contributed by atoms with Crippen molar-refractivity contribution in [2.45, 2.75) is 6.54 Å². The fourth-order valence-corrected chi connectivity index (χ4v) is 1.71. The van der Waals surface area contributed by atoms with E-state index in [1.165, 1.54) is 10.9 Å². The molecule has 1 heterocycles. The second kappa shape index (κ2) is 6.48. The zero-order chi connectivity index (χ0) is 14.5. The Balaban J connectivity index is 2.43. The first-order valence-corrected chi connectivity index (χ1v) is 7.45. The molecule has 0 saturated heterocycles.